The maximum Gasteiger partial charge on any atom is 0.331 e. The number of aryl methyl sites for hydroxylation is 1. The standard InChI is InChI=1S/C12H14N2O2/c1-8-4-6-10(7-5-8)14-11(15)9(2)13(3)12(14)16/h4-7,9H,1-3H3. The van der Waals surface area contributed by atoms with Crippen LogP contribution in [0.5, 0.6) is 0 Å². The van der Waals surface area contributed by atoms with Gasteiger partial charge in [0.05, 0.1) is 5.69 Å². The van der Waals surface area contributed by atoms with Gasteiger partial charge in [0.2, 0.25) is 0 Å². The van der Waals surface area contributed by atoms with Gasteiger partial charge in [-0.3, -0.25) is 4.79 Å². The Labute approximate surface area is 94.5 Å². The van der Waals surface area contributed by atoms with Crippen LogP contribution in [0.15, 0.2) is 24.3 Å². The maximum atomic E-state index is 11.9. The van der Waals surface area contributed by atoms with Gasteiger partial charge in [0.1, 0.15) is 6.04 Å². The molecule has 1 aromatic rings. The van der Waals surface area contributed by atoms with Crippen molar-refractivity contribution < 1.29 is 9.59 Å². The Kier molecular flexibility index (Phi) is 2.42. The number of anilines is 1. The van der Waals surface area contributed by atoms with E-state index in [1.54, 1.807) is 26.1 Å². The number of amides is 3. The third-order valence-electron chi connectivity index (χ3n) is 2.94. The Morgan fingerprint density at radius 3 is 2.12 bits per heavy atom. The molecule has 1 aliphatic rings. The summed E-state index contributed by atoms with van der Waals surface area (Å²) in [6.45, 7) is 3.70. The molecule has 4 nitrogen and oxygen atoms in total. The van der Waals surface area contributed by atoms with Crippen molar-refractivity contribution >= 4 is 17.6 Å². The fourth-order valence-corrected chi connectivity index (χ4v) is 1.70. The molecule has 1 saturated heterocycles. The predicted molar refractivity (Wildman–Crippen MR) is 61.3 cm³/mol. The molecule has 0 saturated carbocycles. The zero-order chi connectivity index (χ0) is 11.9. The first kappa shape index (κ1) is 10.7. The highest BCUT2D eigenvalue weighted by Gasteiger charge is 2.40. The molecule has 0 radical (unpaired) electrons. The van der Waals surface area contributed by atoms with Gasteiger partial charge in [-0.2, -0.15) is 0 Å². The van der Waals surface area contributed by atoms with Crippen LogP contribution in [0.3, 0.4) is 0 Å². The Morgan fingerprint density at radius 2 is 1.69 bits per heavy atom. The third-order valence-corrected chi connectivity index (χ3v) is 2.94. The Hall–Kier alpha value is -1.84. The minimum atomic E-state index is -0.381. The minimum absolute atomic E-state index is 0.170. The monoisotopic (exact) mass is 218 g/mol. The van der Waals surface area contributed by atoms with Crippen molar-refractivity contribution in [3.63, 3.8) is 0 Å². The average molecular weight is 218 g/mol. The van der Waals surface area contributed by atoms with Gasteiger partial charge in [-0.05, 0) is 26.0 Å². The Balaban J connectivity index is 2.38. The van der Waals surface area contributed by atoms with E-state index in [4.69, 9.17) is 0 Å². The van der Waals surface area contributed by atoms with E-state index in [1.807, 2.05) is 19.1 Å². The first-order valence-corrected chi connectivity index (χ1v) is 5.20. The molecule has 0 spiro atoms. The molecule has 0 bridgehead atoms. The van der Waals surface area contributed by atoms with Gasteiger partial charge >= 0.3 is 6.03 Å². The molecule has 3 amide bonds. The number of benzene rings is 1. The lowest BCUT2D eigenvalue weighted by Crippen LogP contribution is -2.31. The van der Waals surface area contributed by atoms with E-state index in [-0.39, 0.29) is 18.0 Å². The summed E-state index contributed by atoms with van der Waals surface area (Å²) in [5.41, 5.74) is 1.74. The van der Waals surface area contributed by atoms with Crippen LogP contribution in [0.1, 0.15) is 12.5 Å². The molecule has 84 valence electrons. The van der Waals surface area contributed by atoms with Gasteiger partial charge in [0, 0.05) is 7.05 Å². The zero-order valence-corrected chi connectivity index (χ0v) is 9.60. The molecule has 0 N–H and O–H groups in total. The van der Waals surface area contributed by atoms with Gasteiger partial charge in [-0.15, -0.1) is 0 Å². The van der Waals surface area contributed by atoms with E-state index in [2.05, 4.69) is 0 Å². The average Bonchev–Trinajstić information content (AvgIpc) is 2.46. The van der Waals surface area contributed by atoms with E-state index in [1.165, 1.54) is 9.80 Å². The smallest absolute Gasteiger partial charge is 0.315 e. The lowest BCUT2D eigenvalue weighted by Gasteiger charge is -2.14. The highest BCUT2D eigenvalue weighted by atomic mass is 16.2. The second-order valence-electron chi connectivity index (χ2n) is 4.08. The van der Waals surface area contributed by atoms with Crippen LogP contribution >= 0.6 is 0 Å². The van der Waals surface area contributed by atoms with Crippen molar-refractivity contribution in [1.29, 1.82) is 0 Å². The molecule has 1 aliphatic heterocycles. The topological polar surface area (TPSA) is 40.6 Å². The summed E-state index contributed by atoms with van der Waals surface area (Å²) in [6, 6.07) is 6.71. The Bertz CT molecular complexity index is 419. The van der Waals surface area contributed by atoms with E-state index in [0.717, 1.165) is 5.56 Å². The number of hydrogen-bond acceptors (Lipinski definition) is 2. The van der Waals surface area contributed by atoms with E-state index < -0.39 is 0 Å². The van der Waals surface area contributed by atoms with E-state index >= 15 is 0 Å². The van der Waals surface area contributed by atoms with Crippen LogP contribution in [-0.2, 0) is 4.79 Å². The third kappa shape index (κ3) is 1.46. The quantitative estimate of drug-likeness (QED) is 0.674. The van der Waals surface area contributed by atoms with Crippen LogP contribution in [0.2, 0.25) is 0 Å². The number of hydrogen-bond donors (Lipinski definition) is 0. The van der Waals surface area contributed by atoms with Crippen LogP contribution in [0, 0.1) is 6.92 Å². The number of carbonyl (C=O) groups excluding carboxylic acids is 2. The van der Waals surface area contributed by atoms with Crippen molar-refractivity contribution in [2.75, 3.05) is 11.9 Å². The molecule has 1 aromatic carbocycles. The second kappa shape index (κ2) is 3.63. The summed E-state index contributed by atoms with van der Waals surface area (Å²) in [5.74, 6) is -0.170. The van der Waals surface area contributed by atoms with Crippen LogP contribution in [0.4, 0.5) is 10.5 Å². The summed E-state index contributed by atoms with van der Waals surface area (Å²) in [6.07, 6.45) is 0. The predicted octanol–water partition coefficient (Wildman–Crippen LogP) is 1.78. The van der Waals surface area contributed by atoms with Gasteiger partial charge in [-0.1, -0.05) is 17.7 Å². The van der Waals surface area contributed by atoms with Gasteiger partial charge < -0.3 is 4.90 Å². The molecular weight excluding hydrogens is 204 g/mol. The molecule has 1 unspecified atom stereocenters. The fraction of sp³-hybridized carbons (Fsp3) is 0.333. The van der Waals surface area contributed by atoms with Gasteiger partial charge in [0.15, 0.2) is 0 Å². The van der Waals surface area contributed by atoms with Crippen molar-refractivity contribution in [2.24, 2.45) is 0 Å². The summed E-state index contributed by atoms with van der Waals surface area (Å²) >= 11 is 0. The van der Waals surface area contributed by atoms with Gasteiger partial charge in [-0.25, -0.2) is 9.69 Å². The van der Waals surface area contributed by atoms with E-state index in [0.29, 0.717) is 5.69 Å². The lowest BCUT2D eigenvalue weighted by molar-refractivity contribution is -0.119. The summed E-state index contributed by atoms with van der Waals surface area (Å²) in [7, 11) is 1.64. The van der Waals surface area contributed by atoms with Crippen LogP contribution in [0.25, 0.3) is 0 Å². The first-order valence-electron chi connectivity index (χ1n) is 5.20. The minimum Gasteiger partial charge on any atom is -0.315 e. The molecule has 4 heteroatoms. The zero-order valence-electron chi connectivity index (χ0n) is 9.60. The highest BCUT2D eigenvalue weighted by Crippen LogP contribution is 2.23. The number of carbonyl (C=O) groups is 2. The van der Waals surface area contributed by atoms with Gasteiger partial charge in [0.25, 0.3) is 5.91 Å². The van der Waals surface area contributed by atoms with Crippen LogP contribution in [-0.4, -0.2) is 29.9 Å². The van der Waals surface area contributed by atoms with Crippen molar-refractivity contribution in [1.82, 2.24) is 4.90 Å². The Morgan fingerprint density at radius 1 is 1.12 bits per heavy atom. The summed E-state index contributed by atoms with van der Waals surface area (Å²) < 4.78 is 0. The molecule has 1 heterocycles. The molecule has 0 aliphatic carbocycles. The molecule has 1 fully saturated rings. The van der Waals surface area contributed by atoms with E-state index in [9.17, 15) is 9.59 Å². The molecule has 0 aromatic heterocycles. The molecule has 2 rings (SSSR count). The largest absolute Gasteiger partial charge is 0.331 e. The summed E-state index contributed by atoms with van der Waals surface area (Å²) in [5, 5.41) is 0. The number of rotatable bonds is 1. The fourth-order valence-electron chi connectivity index (χ4n) is 1.70. The lowest BCUT2D eigenvalue weighted by atomic mass is 10.2. The molecule has 16 heavy (non-hydrogen) atoms. The normalized spacial score (nSPS) is 20.8. The maximum absolute atomic E-state index is 11.9. The SMILES string of the molecule is Cc1ccc(N2C(=O)C(C)N(C)C2=O)cc1. The molecular formula is C12H14N2O2. The number of imide groups is 1. The van der Waals surface area contributed by atoms with Crippen molar-refractivity contribution in [3.05, 3.63) is 29.8 Å². The first-order chi connectivity index (χ1) is 7.52. The highest BCUT2D eigenvalue weighted by molar-refractivity contribution is 6.21. The summed E-state index contributed by atoms with van der Waals surface area (Å²) in [4.78, 5) is 26.4. The van der Waals surface area contributed by atoms with Crippen molar-refractivity contribution in [2.45, 2.75) is 19.9 Å². The number of urea groups is 1. The van der Waals surface area contributed by atoms with Crippen LogP contribution < -0.4 is 4.90 Å². The second-order valence-corrected chi connectivity index (χ2v) is 4.08. The molecule has 1 atom stereocenters. The van der Waals surface area contributed by atoms with Crippen molar-refractivity contribution in [3.8, 4) is 0 Å². The number of nitrogens with zero attached hydrogens (tertiary/aromatic N) is 2. The number of likely N-dealkylation sites (N-methyl/N-ethyl adjacent to an activating group) is 1.